The minimum atomic E-state index is 0.478. The third-order valence-corrected chi connectivity index (χ3v) is 2.32. The summed E-state index contributed by atoms with van der Waals surface area (Å²) in [6.07, 6.45) is 5.95. The lowest BCUT2D eigenvalue weighted by atomic mass is 10.2. The van der Waals surface area contributed by atoms with Crippen molar-refractivity contribution in [3.8, 4) is 5.88 Å². The molecular weight excluding hydrogens is 212 g/mol. The van der Waals surface area contributed by atoms with Crippen LogP contribution < -0.4 is 4.74 Å². The lowest BCUT2D eigenvalue weighted by Gasteiger charge is -2.08. The van der Waals surface area contributed by atoms with Gasteiger partial charge in [-0.05, 0) is 19.3 Å². The predicted molar refractivity (Wildman–Crippen MR) is 61.3 cm³/mol. The van der Waals surface area contributed by atoms with E-state index in [0.29, 0.717) is 17.6 Å². The molecule has 0 aliphatic rings. The van der Waals surface area contributed by atoms with Gasteiger partial charge in [-0.25, -0.2) is 9.97 Å². The molecule has 1 rings (SSSR count). The maximum absolute atomic E-state index is 5.92. The molecule has 1 aromatic rings. The molecule has 0 amide bonds. The standard InChI is InChI=1S/C11H15ClN2O/c1-3-5-6-7-15-11-9(4-2)10(12)13-8-14-11/h3,8H,1,4-7H2,2H3. The molecule has 0 N–H and O–H groups in total. The normalized spacial score (nSPS) is 10.0. The van der Waals surface area contributed by atoms with Gasteiger partial charge in [0.25, 0.3) is 0 Å². The molecule has 0 aliphatic carbocycles. The smallest absolute Gasteiger partial charge is 0.221 e. The van der Waals surface area contributed by atoms with Crippen LogP contribution in [-0.4, -0.2) is 16.6 Å². The molecule has 1 aromatic heterocycles. The third-order valence-electron chi connectivity index (χ3n) is 2.00. The van der Waals surface area contributed by atoms with Gasteiger partial charge in [0.15, 0.2) is 0 Å². The van der Waals surface area contributed by atoms with Crippen LogP contribution in [-0.2, 0) is 6.42 Å². The molecule has 3 nitrogen and oxygen atoms in total. The molecule has 0 spiro atoms. The highest BCUT2D eigenvalue weighted by Gasteiger charge is 2.08. The summed E-state index contributed by atoms with van der Waals surface area (Å²) in [6.45, 7) is 6.28. The summed E-state index contributed by atoms with van der Waals surface area (Å²) in [5.74, 6) is 0.599. The Hall–Kier alpha value is -1.09. The highest BCUT2D eigenvalue weighted by molar-refractivity contribution is 6.30. The Morgan fingerprint density at radius 3 is 3.00 bits per heavy atom. The Bertz CT molecular complexity index is 328. The average Bonchev–Trinajstić information content (AvgIpc) is 2.24. The van der Waals surface area contributed by atoms with E-state index >= 15 is 0 Å². The molecule has 82 valence electrons. The van der Waals surface area contributed by atoms with Crippen molar-refractivity contribution in [3.05, 3.63) is 29.7 Å². The fraction of sp³-hybridized carbons (Fsp3) is 0.455. The van der Waals surface area contributed by atoms with Crippen molar-refractivity contribution in [2.75, 3.05) is 6.61 Å². The fourth-order valence-corrected chi connectivity index (χ4v) is 1.45. The largest absolute Gasteiger partial charge is 0.477 e. The maximum Gasteiger partial charge on any atom is 0.221 e. The molecule has 0 atom stereocenters. The highest BCUT2D eigenvalue weighted by atomic mass is 35.5. The number of rotatable bonds is 6. The lowest BCUT2D eigenvalue weighted by Crippen LogP contribution is -2.03. The van der Waals surface area contributed by atoms with Gasteiger partial charge in [-0.3, -0.25) is 0 Å². The van der Waals surface area contributed by atoms with Crippen LogP contribution in [0.25, 0.3) is 0 Å². The van der Waals surface area contributed by atoms with Gasteiger partial charge in [-0.15, -0.1) is 6.58 Å². The van der Waals surface area contributed by atoms with E-state index < -0.39 is 0 Å². The number of ether oxygens (including phenoxy) is 1. The molecule has 0 fully saturated rings. The molecule has 0 aromatic carbocycles. The molecule has 0 saturated carbocycles. The second kappa shape index (κ2) is 6.40. The third kappa shape index (κ3) is 3.51. The zero-order chi connectivity index (χ0) is 11.1. The van der Waals surface area contributed by atoms with Crippen molar-refractivity contribution in [1.82, 2.24) is 9.97 Å². The van der Waals surface area contributed by atoms with Gasteiger partial charge in [0.2, 0.25) is 5.88 Å². The van der Waals surface area contributed by atoms with Crippen LogP contribution in [0, 0.1) is 0 Å². The van der Waals surface area contributed by atoms with E-state index in [2.05, 4.69) is 16.5 Å². The topological polar surface area (TPSA) is 35.0 Å². The van der Waals surface area contributed by atoms with E-state index in [1.165, 1.54) is 6.33 Å². The van der Waals surface area contributed by atoms with Gasteiger partial charge in [-0.1, -0.05) is 24.6 Å². The van der Waals surface area contributed by atoms with Gasteiger partial charge in [0.05, 0.1) is 12.2 Å². The van der Waals surface area contributed by atoms with Crippen molar-refractivity contribution in [1.29, 1.82) is 0 Å². The number of nitrogens with zero attached hydrogens (tertiary/aromatic N) is 2. The molecule has 4 heteroatoms. The molecular formula is C11H15ClN2O. The van der Waals surface area contributed by atoms with Crippen LogP contribution >= 0.6 is 11.6 Å². The van der Waals surface area contributed by atoms with Crippen LogP contribution in [0.4, 0.5) is 0 Å². The first-order chi connectivity index (χ1) is 7.29. The zero-order valence-corrected chi connectivity index (χ0v) is 9.63. The van der Waals surface area contributed by atoms with Crippen LogP contribution in [0.5, 0.6) is 5.88 Å². The van der Waals surface area contributed by atoms with Crippen molar-refractivity contribution in [2.24, 2.45) is 0 Å². The van der Waals surface area contributed by atoms with E-state index in [9.17, 15) is 0 Å². The second-order valence-corrected chi connectivity index (χ2v) is 3.44. The summed E-state index contributed by atoms with van der Waals surface area (Å²) >= 11 is 5.92. The predicted octanol–water partition coefficient (Wildman–Crippen LogP) is 3.04. The minimum absolute atomic E-state index is 0.478. The summed E-state index contributed by atoms with van der Waals surface area (Å²) in [5.41, 5.74) is 0.873. The van der Waals surface area contributed by atoms with Crippen molar-refractivity contribution >= 4 is 11.6 Å². The highest BCUT2D eigenvalue weighted by Crippen LogP contribution is 2.22. The van der Waals surface area contributed by atoms with Crippen LogP contribution in [0.3, 0.4) is 0 Å². The summed E-state index contributed by atoms with van der Waals surface area (Å²) in [5, 5.41) is 0.478. The second-order valence-electron chi connectivity index (χ2n) is 3.08. The van der Waals surface area contributed by atoms with E-state index in [-0.39, 0.29) is 0 Å². The van der Waals surface area contributed by atoms with Crippen molar-refractivity contribution in [2.45, 2.75) is 26.2 Å². The Morgan fingerprint density at radius 2 is 2.33 bits per heavy atom. The molecule has 0 aliphatic heterocycles. The zero-order valence-electron chi connectivity index (χ0n) is 8.87. The number of hydrogen-bond donors (Lipinski definition) is 0. The van der Waals surface area contributed by atoms with Crippen LogP contribution in [0.2, 0.25) is 5.15 Å². The minimum Gasteiger partial charge on any atom is -0.477 e. The maximum atomic E-state index is 5.92. The summed E-state index contributed by atoms with van der Waals surface area (Å²) < 4.78 is 5.53. The molecule has 0 saturated heterocycles. The molecule has 15 heavy (non-hydrogen) atoms. The molecule has 0 unspecified atom stereocenters. The fourth-order valence-electron chi connectivity index (χ4n) is 1.19. The Morgan fingerprint density at radius 1 is 1.53 bits per heavy atom. The number of allylic oxidation sites excluding steroid dienone is 1. The monoisotopic (exact) mass is 226 g/mol. The van der Waals surface area contributed by atoms with Crippen molar-refractivity contribution < 1.29 is 4.74 Å². The number of aromatic nitrogens is 2. The van der Waals surface area contributed by atoms with Gasteiger partial charge in [0, 0.05) is 0 Å². The Balaban J connectivity index is 2.59. The quantitative estimate of drug-likeness (QED) is 0.425. The van der Waals surface area contributed by atoms with E-state index in [1.807, 2.05) is 13.0 Å². The Labute approximate surface area is 95.2 Å². The molecule has 0 bridgehead atoms. The first-order valence-electron chi connectivity index (χ1n) is 5.02. The van der Waals surface area contributed by atoms with E-state index in [0.717, 1.165) is 24.8 Å². The summed E-state index contributed by atoms with van der Waals surface area (Å²) in [4.78, 5) is 7.98. The molecule has 0 radical (unpaired) electrons. The van der Waals surface area contributed by atoms with Crippen molar-refractivity contribution in [3.63, 3.8) is 0 Å². The van der Waals surface area contributed by atoms with Gasteiger partial charge < -0.3 is 4.74 Å². The van der Waals surface area contributed by atoms with Gasteiger partial charge in [-0.2, -0.15) is 0 Å². The first kappa shape index (κ1) is 12.0. The van der Waals surface area contributed by atoms with E-state index in [4.69, 9.17) is 16.3 Å². The number of unbranched alkanes of at least 4 members (excludes halogenated alkanes) is 1. The van der Waals surface area contributed by atoms with Crippen LogP contribution in [0.15, 0.2) is 19.0 Å². The average molecular weight is 227 g/mol. The van der Waals surface area contributed by atoms with Gasteiger partial charge >= 0.3 is 0 Å². The first-order valence-corrected chi connectivity index (χ1v) is 5.40. The SMILES string of the molecule is C=CCCCOc1ncnc(Cl)c1CC. The van der Waals surface area contributed by atoms with Gasteiger partial charge in [0.1, 0.15) is 11.5 Å². The van der Waals surface area contributed by atoms with Crippen LogP contribution in [0.1, 0.15) is 25.3 Å². The Kier molecular flexibility index (Phi) is 5.12. The number of hydrogen-bond acceptors (Lipinski definition) is 3. The number of halogens is 1. The molecule has 1 heterocycles. The lowest BCUT2D eigenvalue weighted by molar-refractivity contribution is 0.296. The summed E-state index contributed by atoms with van der Waals surface area (Å²) in [7, 11) is 0. The van der Waals surface area contributed by atoms with E-state index in [1.54, 1.807) is 0 Å². The summed E-state index contributed by atoms with van der Waals surface area (Å²) in [6, 6.07) is 0.